The van der Waals surface area contributed by atoms with Crippen LogP contribution in [0.5, 0.6) is 5.75 Å². The summed E-state index contributed by atoms with van der Waals surface area (Å²) in [6.45, 7) is 7.00. The molecule has 3 aliphatic rings. The normalized spacial score (nSPS) is 20.0. The van der Waals surface area contributed by atoms with Gasteiger partial charge in [-0.05, 0) is 72.2 Å². The number of anilines is 2. The van der Waals surface area contributed by atoms with Crippen molar-refractivity contribution in [2.45, 2.75) is 44.1 Å². The van der Waals surface area contributed by atoms with Crippen molar-refractivity contribution >= 4 is 49.9 Å². The minimum Gasteiger partial charge on any atom is -0.508 e. The van der Waals surface area contributed by atoms with Crippen LogP contribution in [0.3, 0.4) is 0 Å². The lowest BCUT2D eigenvalue weighted by atomic mass is 9.64. The van der Waals surface area contributed by atoms with Crippen molar-refractivity contribution in [2.75, 3.05) is 4.90 Å². The second-order valence-corrected chi connectivity index (χ2v) is 17.9. The van der Waals surface area contributed by atoms with E-state index in [-0.39, 0.29) is 17.2 Å². The number of rotatable bonds is 6. The molecule has 3 heterocycles. The molecule has 5 nitrogen and oxygen atoms in total. The van der Waals surface area contributed by atoms with Crippen LogP contribution in [0.25, 0.3) is 61.2 Å². The number of nitrogens with zero attached hydrogens (tertiary/aromatic N) is 4. The third-order valence-corrected chi connectivity index (χ3v) is 14.3. The van der Waals surface area contributed by atoms with Crippen LogP contribution >= 0.6 is 0 Å². The zero-order valence-electron chi connectivity index (χ0n) is 36.1. The molecule has 64 heavy (non-hydrogen) atoms. The van der Waals surface area contributed by atoms with Gasteiger partial charge in [0, 0.05) is 61.1 Å². The molecule has 0 amide bonds. The Morgan fingerprint density at radius 2 is 1.30 bits per heavy atom. The van der Waals surface area contributed by atoms with E-state index in [0.717, 1.165) is 51.5 Å². The largest absolute Gasteiger partial charge is 0.508 e. The van der Waals surface area contributed by atoms with Crippen LogP contribution in [0.4, 0.5) is 11.4 Å². The molecule has 0 radical (unpaired) electrons. The maximum atomic E-state index is 11.7. The van der Waals surface area contributed by atoms with Crippen molar-refractivity contribution in [3.05, 3.63) is 228 Å². The number of benzene rings is 7. The Balaban J connectivity index is 1.18. The lowest BCUT2D eigenvalue weighted by Gasteiger charge is -2.41. The molecule has 1 N–H and O–H groups in total. The minimum atomic E-state index is -0.623. The average Bonchev–Trinajstić information content (AvgIpc) is 3.83. The monoisotopic (exact) mass is 826 g/mol. The third-order valence-electron chi connectivity index (χ3n) is 14.3. The van der Waals surface area contributed by atoms with E-state index >= 15 is 0 Å². The van der Waals surface area contributed by atoms with Crippen LogP contribution in [-0.2, 0) is 5.41 Å². The first-order valence-electron chi connectivity index (χ1n) is 22.3. The summed E-state index contributed by atoms with van der Waals surface area (Å²) in [6.07, 6.45) is 8.10. The van der Waals surface area contributed by atoms with Gasteiger partial charge in [-0.1, -0.05) is 178 Å². The molecule has 2 aliphatic carbocycles. The van der Waals surface area contributed by atoms with Crippen LogP contribution < -0.4 is 4.90 Å². The second kappa shape index (κ2) is 14.4. The number of aromatic nitrogens is 3. The zero-order chi connectivity index (χ0) is 43.2. The Morgan fingerprint density at radius 1 is 0.641 bits per heavy atom. The molecule has 0 bridgehead atoms. The fraction of sp³-hybridized carbons (Fsp3) is 0.119. The van der Waals surface area contributed by atoms with Gasteiger partial charge in [0.1, 0.15) is 5.75 Å². The number of aromatic hydroxyl groups is 1. The Morgan fingerprint density at radius 3 is 2.08 bits per heavy atom. The van der Waals surface area contributed by atoms with Crippen molar-refractivity contribution in [3.8, 4) is 28.4 Å². The van der Waals surface area contributed by atoms with Gasteiger partial charge in [-0.3, -0.25) is 0 Å². The van der Waals surface area contributed by atoms with Crippen molar-refractivity contribution < 1.29 is 5.11 Å². The molecule has 9 aromatic rings. The molecule has 3 atom stereocenters. The number of fused-ring (bicyclic) bond motifs is 8. The van der Waals surface area contributed by atoms with Crippen molar-refractivity contribution in [2.24, 2.45) is 0 Å². The molecule has 12 rings (SSSR count). The smallest absolute Gasteiger partial charge is 0.160 e. The highest BCUT2D eigenvalue weighted by Gasteiger charge is 2.47. The predicted octanol–water partition coefficient (Wildman–Crippen LogP) is 14.4. The Labute approximate surface area is 373 Å². The van der Waals surface area contributed by atoms with Gasteiger partial charge in [-0.25, -0.2) is 9.97 Å². The molecule has 5 heteroatoms. The highest BCUT2D eigenvalue weighted by atomic mass is 16.3. The summed E-state index contributed by atoms with van der Waals surface area (Å²) < 4.78 is 2.55. The number of para-hydroxylation sites is 3. The maximum absolute atomic E-state index is 11.7. The van der Waals surface area contributed by atoms with E-state index in [2.05, 4.69) is 188 Å². The van der Waals surface area contributed by atoms with E-state index in [9.17, 15) is 5.11 Å². The van der Waals surface area contributed by atoms with Gasteiger partial charge in [0.25, 0.3) is 0 Å². The molecule has 0 fully saturated rings. The molecule has 7 aromatic carbocycles. The lowest BCUT2D eigenvalue weighted by molar-refractivity contribution is 0.425. The second-order valence-electron chi connectivity index (χ2n) is 17.9. The highest BCUT2D eigenvalue weighted by Crippen LogP contribution is 2.58. The topological polar surface area (TPSA) is 54.2 Å². The van der Waals surface area contributed by atoms with Crippen molar-refractivity contribution in [1.82, 2.24) is 14.5 Å². The number of phenols is 1. The summed E-state index contributed by atoms with van der Waals surface area (Å²) >= 11 is 0. The summed E-state index contributed by atoms with van der Waals surface area (Å²) in [5, 5.41) is 15.3. The van der Waals surface area contributed by atoms with Gasteiger partial charge in [0.2, 0.25) is 0 Å². The molecule has 1 aliphatic heterocycles. The number of phenolic OH excluding ortho intramolecular Hbond substituents is 1. The first-order valence-corrected chi connectivity index (χ1v) is 22.3. The number of hydrogen-bond donors (Lipinski definition) is 1. The minimum absolute atomic E-state index is 0.0450. The van der Waals surface area contributed by atoms with Gasteiger partial charge in [0.05, 0.1) is 28.1 Å². The average molecular weight is 827 g/mol. The molecule has 0 spiro atoms. The predicted molar refractivity (Wildman–Crippen MR) is 264 cm³/mol. The van der Waals surface area contributed by atoms with Gasteiger partial charge in [0.15, 0.2) is 5.82 Å². The first kappa shape index (κ1) is 38.0. The maximum Gasteiger partial charge on any atom is 0.160 e. The number of hydrogen-bond acceptors (Lipinski definition) is 4. The quantitative estimate of drug-likeness (QED) is 0.181. The van der Waals surface area contributed by atoms with Crippen LogP contribution in [0.1, 0.15) is 61.2 Å². The first-order chi connectivity index (χ1) is 31.3. The van der Waals surface area contributed by atoms with E-state index in [1.165, 1.54) is 49.8 Å². The Kier molecular flexibility index (Phi) is 8.54. The van der Waals surface area contributed by atoms with Crippen molar-refractivity contribution in [3.63, 3.8) is 0 Å². The third kappa shape index (κ3) is 5.63. The van der Waals surface area contributed by atoms with E-state index in [1.807, 2.05) is 42.5 Å². The van der Waals surface area contributed by atoms with Gasteiger partial charge in [-0.15, -0.1) is 0 Å². The van der Waals surface area contributed by atoms with Gasteiger partial charge < -0.3 is 14.6 Å². The Hall–Kier alpha value is -7.76. The fourth-order valence-corrected chi connectivity index (χ4v) is 11.0. The number of allylic oxidation sites excluding steroid dienone is 3. The van der Waals surface area contributed by atoms with Crippen LogP contribution in [0.15, 0.2) is 200 Å². The van der Waals surface area contributed by atoms with E-state index < -0.39 is 5.41 Å². The molecule has 2 aromatic heterocycles. The molecule has 3 unspecified atom stereocenters. The summed E-state index contributed by atoms with van der Waals surface area (Å²) in [5.74, 6) is 0.898. The van der Waals surface area contributed by atoms with Crippen LogP contribution in [-0.4, -0.2) is 25.2 Å². The molecular weight excluding hydrogens is 781 g/mol. The lowest BCUT2D eigenvalue weighted by Crippen LogP contribution is -2.40. The van der Waals surface area contributed by atoms with E-state index in [4.69, 9.17) is 9.97 Å². The van der Waals surface area contributed by atoms with E-state index in [1.54, 1.807) is 0 Å². The summed E-state index contributed by atoms with van der Waals surface area (Å²) in [5.41, 5.74) is 14.2. The molecule has 0 saturated carbocycles. The van der Waals surface area contributed by atoms with Gasteiger partial charge in [-0.2, -0.15) is 0 Å². The summed E-state index contributed by atoms with van der Waals surface area (Å²) in [4.78, 5) is 13.3. The van der Waals surface area contributed by atoms with Crippen LogP contribution in [0, 0.1) is 0 Å². The SMILES string of the molecule is CC1c2c(n(C3=CCC4(C)C(=C3)c3ccccc3N4c3ccccc3)c3c2ccc2ccccc23)C(c2cc(-c3ccccc3)nc(-c3ccccc3)n2)=CC1(C)c1ccccc1O. The molecule has 0 saturated heterocycles. The zero-order valence-corrected chi connectivity index (χ0v) is 36.1. The standard InChI is InChI=1S/C59H46N4O/c1-38-54-46-32-31-39-19-13-14-26-44(39)55(46)62(43-33-34-59(3)49(35-43)45-27-15-17-29-52(45)63(59)42-24-11-6-12-25-42)56(54)47(37-58(38,2)48-28-16-18-30-53(48)64)51-36-50(40-20-7-4-8-21-40)60-57(61-51)41-22-9-5-10-23-41/h4-33,35-38,64H,34H2,1-3H3. The molecular formula is C59H46N4O. The summed E-state index contributed by atoms with van der Waals surface area (Å²) in [7, 11) is 0. The highest BCUT2D eigenvalue weighted by molar-refractivity contribution is 6.13. The molecule has 308 valence electrons. The fourth-order valence-electron chi connectivity index (χ4n) is 11.0. The van der Waals surface area contributed by atoms with Gasteiger partial charge >= 0.3 is 0 Å². The van der Waals surface area contributed by atoms with E-state index in [0.29, 0.717) is 5.82 Å². The summed E-state index contributed by atoms with van der Waals surface area (Å²) in [6, 6.07) is 63.7. The van der Waals surface area contributed by atoms with Crippen LogP contribution in [0.2, 0.25) is 0 Å². The van der Waals surface area contributed by atoms with Crippen molar-refractivity contribution in [1.29, 1.82) is 0 Å². The Bertz CT molecular complexity index is 3360.